The van der Waals surface area contributed by atoms with Gasteiger partial charge in [0.1, 0.15) is 10.4 Å². The summed E-state index contributed by atoms with van der Waals surface area (Å²) in [5, 5.41) is 2.58. The van der Waals surface area contributed by atoms with Crippen molar-refractivity contribution in [3.63, 3.8) is 0 Å². The fourth-order valence-electron chi connectivity index (χ4n) is 1.96. The van der Waals surface area contributed by atoms with E-state index in [4.69, 9.17) is 17.3 Å². The first-order valence-corrected chi connectivity index (χ1v) is 6.65. The molecule has 17 heavy (non-hydrogen) atoms. The maximum absolute atomic E-state index is 11.5. The largest absolute Gasteiger partial charge is 0.365 e. The molecule has 1 aliphatic carbocycles. The number of nitrogens with two attached hydrogens (primary N) is 1. The molecule has 1 aliphatic rings. The van der Waals surface area contributed by atoms with Gasteiger partial charge in [0.2, 0.25) is 5.91 Å². The van der Waals surface area contributed by atoms with Crippen molar-refractivity contribution < 1.29 is 9.59 Å². The first-order valence-electron chi connectivity index (χ1n) is 5.40. The van der Waals surface area contributed by atoms with Crippen LogP contribution in [0.2, 0.25) is 0 Å². The SMILES string of the molecule is C[C@H](Cl)C(=O)Nc1sc2c(c1C(N)=O)CCC2. The lowest BCUT2D eigenvalue weighted by Crippen LogP contribution is -2.22. The molecule has 0 saturated carbocycles. The van der Waals surface area contributed by atoms with Crippen LogP contribution >= 0.6 is 22.9 Å². The van der Waals surface area contributed by atoms with Crippen molar-refractivity contribution in [2.45, 2.75) is 31.6 Å². The van der Waals surface area contributed by atoms with Gasteiger partial charge in [-0.1, -0.05) is 0 Å². The Kier molecular flexibility index (Phi) is 3.40. The van der Waals surface area contributed by atoms with Crippen molar-refractivity contribution in [3.8, 4) is 0 Å². The second kappa shape index (κ2) is 4.66. The third-order valence-electron chi connectivity index (χ3n) is 2.77. The van der Waals surface area contributed by atoms with Crippen molar-refractivity contribution in [1.82, 2.24) is 0 Å². The Hall–Kier alpha value is -1.07. The van der Waals surface area contributed by atoms with E-state index in [1.54, 1.807) is 6.92 Å². The second-order valence-electron chi connectivity index (χ2n) is 4.03. The highest BCUT2D eigenvalue weighted by Gasteiger charge is 2.26. The van der Waals surface area contributed by atoms with Gasteiger partial charge in [0, 0.05) is 4.88 Å². The Morgan fingerprint density at radius 1 is 1.47 bits per heavy atom. The van der Waals surface area contributed by atoms with Crippen molar-refractivity contribution >= 4 is 39.8 Å². The highest BCUT2D eigenvalue weighted by atomic mass is 35.5. The van der Waals surface area contributed by atoms with Crippen LogP contribution in [0.15, 0.2) is 0 Å². The van der Waals surface area contributed by atoms with E-state index in [0.717, 1.165) is 29.7 Å². The van der Waals surface area contributed by atoms with Gasteiger partial charge in [0.25, 0.3) is 5.91 Å². The Balaban J connectivity index is 2.35. The summed E-state index contributed by atoms with van der Waals surface area (Å²) in [6.07, 6.45) is 2.85. The van der Waals surface area contributed by atoms with E-state index >= 15 is 0 Å². The van der Waals surface area contributed by atoms with Gasteiger partial charge < -0.3 is 11.1 Å². The average molecular weight is 273 g/mol. The normalized spacial score (nSPS) is 15.4. The van der Waals surface area contributed by atoms with Crippen LogP contribution in [-0.4, -0.2) is 17.2 Å². The van der Waals surface area contributed by atoms with Crippen LogP contribution in [-0.2, 0) is 17.6 Å². The number of amides is 2. The number of rotatable bonds is 3. The number of aryl methyl sites for hydroxylation is 1. The van der Waals surface area contributed by atoms with E-state index in [1.807, 2.05) is 0 Å². The Morgan fingerprint density at radius 2 is 2.18 bits per heavy atom. The summed E-state index contributed by atoms with van der Waals surface area (Å²) in [6.45, 7) is 1.59. The molecule has 2 amide bonds. The molecule has 6 heteroatoms. The minimum atomic E-state index is -0.632. The molecule has 1 heterocycles. The standard InChI is InChI=1S/C11H13ClN2O2S/c1-5(12)10(16)14-11-8(9(13)15)6-3-2-4-7(6)17-11/h5H,2-4H2,1H3,(H2,13,15)(H,14,16)/t5-/m0/s1. The molecule has 1 aromatic heterocycles. The molecule has 2 rings (SSSR count). The first-order chi connectivity index (χ1) is 8.00. The van der Waals surface area contributed by atoms with Crippen molar-refractivity contribution in [2.75, 3.05) is 5.32 Å². The van der Waals surface area contributed by atoms with Gasteiger partial charge in [-0.25, -0.2) is 0 Å². The lowest BCUT2D eigenvalue weighted by Gasteiger charge is -2.06. The predicted octanol–water partition coefficient (Wildman–Crippen LogP) is 1.90. The zero-order chi connectivity index (χ0) is 12.6. The lowest BCUT2D eigenvalue weighted by molar-refractivity contribution is -0.115. The number of primary amides is 1. The van der Waals surface area contributed by atoms with E-state index in [0.29, 0.717) is 10.6 Å². The Morgan fingerprint density at radius 3 is 2.76 bits per heavy atom. The summed E-state index contributed by atoms with van der Waals surface area (Å²) in [5.41, 5.74) is 6.83. The van der Waals surface area contributed by atoms with Gasteiger partial charge in [-0.3, -0.25) is 9.59 Å². The molecule has 0 fully saturated rings. The fraction of sp³-hybridized carbons (Fsp3) is 0.455. The number of fused-ring (bicyclic) bond motifs is 1. The summed E-state index contributed by atoms with van der Waals surface area (Å²) in [7, 11) is 0. The van der Waals surface area contributed by atoms with Gasteiger partial charge in [-0.15, -0.1) is 22.9 Å². The molecule has 0 aromatic carbocycles. The van der Waals surface area contributed by atoms with Crippen LogP contribution < -0.4 is 11.1 Å². The van der Waals surface area contributed by atoms with Crippen LogP contribution in [0.5, 0.6) is 0 Å². The molecule has 4 nitrogen and oxygen atoms in total. The van der Waals surface area contributed by atoms with E-state index in [9.17, 15) is 9.59 Å². The second-order valence-corrected chi connectivity index (χ2v) is 5.79. The first kappa shape index (κ1) is 12.4. The molecule has 1 aromatic rings. The third-order valence-corrected chi connectivity index (χ3v) is 4.17. The van der Waals surface area contributed by atoms with E-state index in [2.05, 4.69) is 5.32 Å². The molecule has 0 saturated heterocycles. The zero-order valence-electron chi connectivity index (χ0n) is 9.38. The highest BCUT2D eigenvalue weighted by Crippen LogP contribution is 2.38. The summed E-state index contributed by atoms with van der Waals surface area (Å²) in [5.74, 6) is -0.795. The van der Waals surface area contributed by atoms with Crippen LogP contribution in [0, 0.1) is 0 Å². The van der Waals surface area contributed by atoms with Crippen LogP contribution in [0.1, 0.15) is 34.1 Å². The minimum Gasteiger partial charge on any atom is -0.365 e. The molecule has 0 radical (unpaired) electrons. The van der Waals surface area contributed by atoms with Crippen LogP contribution in [0.25, 0.3) is 0 Å². The number of hydrogen-bond donors (Lipinski definition) is 2. The Bertz CT molecular complexity index is 482. The van der Waals surface area contributed by atoms with Crippen LogP contribution in [0.4, 0.5) is 5.00 Å². The molecule has 92 valence electrons. The van der Waals surface area contributed by atoms with E-state index in [-0.39, 0.29) is 5.91 Å². The molecule has 3 N–H and O–H groups in total. The topological polar surface area (TPSA) is 72.2 Å². The number of halogens is 1. The maximum atomic E-state index is 11.5. The third kappa shape index (κ3) is 2.30. The molecular formula is C11H13ClN2O2S. The molecule has 0 unspecified atom stereocenters. The van der Waals surface area contributed by atoms with Gasteiger partial charge in [-0.05, 0) is 31.7 Å². The number of carbonyl (C=O) groups excluding carboxylic acids is 2. The van der Waals surface area contributed by atoms with E-state index in [1.165, 1.54) is 11.3 Å². The number of carbonyl (C=O) groups is 2. The Labute approximate surface area is 108 Å². The monoisotopic (exact) mass is 272 g/mol. The number of alkyl halides is 1. The maximum Gasteiger partial charge on any atom is 0.251 e. The van der Waals surface area contributed by atoms with Crippen molar-refractivity contribution in [3.05, 3.63) is 16.0 Å². The molecular weight excluding hydrogens is 260 g/mol. The summed E-state index contributed by atoms with van der Waals surface area (Å²) in [4.78, 5) is 24.1. The lowest BCUT2D eigenvalue weighted by atomic mass is 10.1. The number of hydrogen-bond acceptors (Lipinski definition) is 3. The van der Waals surface area contributed by atoms with Gasteiger partial charge in [0.05, 0.1) is 5.56 Å². The molecule has 0 bridgehead atoms. The quantitative estimate of drug-likeness (QED) is 0.825. The summed E-state index contributed by atoms with van der Waals surface area (Å²) < 4.78 is 0. The van der Waals surface area contributed by atoms with Crippen molar-refractivity contribution in [1.29, 1.82) is 0 Å². The van der Waals surface area contributed by atoms with Gasteiger partial charge >= 0.3 is 0 Å². The van der Waals surface area contributed by atoms with Gasteiger partial charge in [0.15, 0.2) is 0 Å². The summed E-state index contributed by atoms with van der Waals surface area (Å²) in [6, 6.07) is 0. The van der Waals surface area contributed by atoms with Crippen molar-refractivity contribution in [2.24, 2.45) is 5.73 Å². The molecule has 0 spiro atoms. The smallest absolute Gasteiger partial charge is 0.251 e. The highest BCUT2D eigenvalue weighted by molar-refractivity contribution is 7.17. The molecule has 1 atom stereocenters. The predicted molar refractivity (Wildman–Crippen MR) is 68.8 cm³/mol. The average Bonchev–Trinajstić information content (AvgIpc) is 2.75. The fourth-order valence-corrected chi connectivity index (χ4v) is 3.32. The number of anilines is 1. The van der Waals surface area contributed by atoms with E-state index < -0.39 is 11.3 Å². The number of nitrogens with one attached hydrogen (secondary N) is 1. The minimum absolute atomic E-state index is 0.311. The number of thiophene rings is 1. The van der Waals surface area contributed by atoms with Gasteiger partial charge in [-0.2, -0.15) is 0 Å². The van der Waals surface area contributed by atoms with Crippen LogP contribution in [0.3, 0.4) is 0 Å². The summed E-state index contributed by atoms with van der Waals surface area (Å²) >= 11 is 7.11. The molecule has 0 aliphatic heterocycles. The zero-order valence-corrected chi connectivity index (χ0v) is 11.0.